The van der Waals surface area contributed by atoms with Crippen LogP contribution in [0.1, 0.15) is 18.4 Å². The number of oxazole rings is 1. The number of aromatic amines is 1. The molecule has 1 heterocycles. The summed E-state index contributed by atoms with van der Waals surface area (Å²) in [5.74, 6) is 0.794. The van der Waals surface area contributed by atoms with Gasteiger partial charge in [-0.15, -0.1) is 0 Å². The molecular formula is C20H21N3O4. The van der Waals surface area contributed by atoms with Gasteiger partial charge in [-0.05, 0) is 49.7 Å². The van der Waals surface area contributed by atoms with Gasteiger partial charge in [-0.2, -0.15) is 5.26 Å². The van der Waals surface area contributed by atoms with Gasteiger partial charge in [0.1, 0.15) is 12.4 Å². The Balaban J connectivity index is 1.27. The molecule has 3 rings (SSSR count). The van der Waals surface area contributed by atoms with E-state index in [2.05, 4.69) is 16.4 Å². The molecule has 0 spiro atoms. The van der Waals surface area contributed by atoms with E-state index in [4.69, 9.17) is 19.2 Å². The van der Waals surface area contributed by atoms with E-state index < -0.39 is 5.76 Å². The number of fused-ring (bicyclic) bond motifs is 1. The van der Waals surface area contributed by atoms with Gasteiger partial charge in [-0.3, -0.25) is 4.98 Å². The lowest BCUT2D eigenvalue weighted by Crippen LogP contribution is -2.22. The maximum atomic E-state index is 11.3. The summed E-state index contributed by atoms with van der Waals surface area (Å²) >= 11 is 0. The highest BCUT2D eigenvalue weighted by atomic mass is 16.5. The number of unbranched alkanes of at least 4 members (excludes halogenated alkanes) is 1. The lowest BCUT2D eigenvalue weighted by atomic mass is 10.2. The Labute approximate surface area is 156 Å². The van der Waals surface area contributed by atoms with Crippen molar-refractivity contribution >= 4 is 11.1 Å². The molecule has 0 bridgehead atoms. The standard InChI is InChI=1S/C20H21N3O4/c21-14-15-5-3-6-16(13-15)25-11-2-1-9-22-10-12-26-18-8-4-7-17-19(18)27-20(24)23-17/h3-8,13,22H,1-2,9-12H2,(H,23,24). The van der Waals surface area contributed by atoms with Crippen molar-refractivity contribution in [2.75, 3.05) is 26.3 Å². The number of para-hydroxylation sites is 1. The molecule has 0 saturated carbocycles. The number of benzene rings is 2. The molecule has 0 unspecified atom stereocenters. The number of nitrogens with zero attached hydrogens (tertiary/aromatic N) is 1. The summed E-state index contributed by atoms with van der Waals surface area (Å²) < 4.78 is 16.4. The van der Waals surface area contributed by atoms with Crippen LogP contribution in [-0.2, 0) is 0 Å². The van der Waals surface area contributed by atoms with Gasteiger partial charge >= 0.3 is 5.76 Å². The molecule has 7 nitrogen and oxygen atoms in total. The van der Waals surface area contributed by atoms with Crippen molar-refractivity contribution in [2.45, 2.75) is 12.8 Å². The third-order valence-electron chi connectivity index (χ3n) is 3.93. The van der Waals surface area contributed by atoms with E-state index in [9.17, 15) is 4.79 Å². The second-order valence-electron chi connectivity index (χ2n) is 5.94. The highest BCUT2D eigenvalue weighted by Gasteiger charge is 2.07. The molecule has 0 atom stereocenters. The number of rotatable bonds is 10. The van der Waals surface area contributed by atoms with Crippen LogP contribution in [-0.4, -0.2) is 31.3 Å². The normalized spacial score (nSPS) is 10.6. The minimum Gasteiger partial charge on any atom is -0.494 e. The van der Waals surface area contributed by atoms with E-state index in [0.717, 1.165) is 25.1 Å². The van der Waals surface area contributed by atoms with Gasteiger partial charge in [0.25, 0.3) is 0 Å². The van der Waals surface area contributed by atoms with Gasteiger partial charge in [0, 0.05) is 6.54 Å². The molecule has 2 N–H and O–H groups in total. The van der Waals surface area contributed by atoms with Crippen LogP contribution in [0.3, 0.4) is 0 Å². The smallest absolute Gasteiger partial charge is 0.417 e. The minimum atomic E-state index is -0.485. The molecule has 140 valence electrons. The molecule has 7 heteroatoms. The molecule has 0 amide bonds. The zero-order chi connectivity index (χ0) is 18.9. The fraction of sp³-hybridized carbons (Fsp3) is 0.300. The molecule has 0 saturated heterocycles. The summed E-state index contributed by atoms with van der Waals surface area (Å²) in [6, 6.07) is 14.6. The van der Waals surface area contributed by atoms with Crippen LogP contribution >= 0.6 is 0 Å². The van der Waals surface area contributed by atoms with Crippen LogP contribution in [0, 0.1) is 11.3 Å². The van der Waals surface area contributed by atoms with E-state index in [-0.39, 0.29) is 0 Å². The maximum absolute atomic E-state index is 11.3. The van der Waals surface area contributed by atoms with Gasteiger partial charge in [0.15, 0.2) is 11.3 Å². The van der Waals surface area contributed by atoms with Gasteiger partial charge in [-0.1, -0.05) is 12.1 Å². The molecule has 1 aromatic heterocycles. The highest BCUT2D eigenvalue weighted by Crippen LogP contribution is 2.22. The highest BCUT2D eigenvalue weighted by molar-refractivity contribution is 5.78. The molecule has 0 aliphatic carbocycles. The van der Waals surface area contributed by atoms with Crippen LogP contribution < -0.4 is 20.5 Å². The molecule has 0 radical (unpaired) electrons. The second-order valence-corrected chi connectivity index (χ2v) is 5.94. The molecule has 27 heavy (non-hydrogen) atoms. The first kappa shape index (κ1) is 18.5. The monoisotopic (exact) mass is 367 g/mol. The van der Waals surface area contributed by atoms with Crippen LogP contribution in [0.5, 0.6) is 11.5 Å². The van der Waals surface area contributed by atoms with E-state index in [1.807, 2.05) is 18.2 Å². The summed E-state index contributed by atoms with van der Waals surface area (Å²) in [6.07, 6.45) is 1.89. The van der Waals surface area contributed by atoms with Crippen molar-refractivity contribution in [3.05, 3.63) is 58.6 Å². The first-order valence-corrected chi connectivity index (χ1v) is 8.84. The predicted octanol–water partition coefficient (Wildman–Crippen LogP) is 2.82. The summed E-state index contributed by atoms with van der Waals surface area (Å²) in [7, 11) is 0. The molecule has 0 aliphatic heterocycles. The average molecular weight is 367 g/mol. The first-order valence-electron chi connectivity index (χ1n) is 8.84. The van der Waals surface area contributed by atoms with Crippen LogP contribution in [0.4, 0.5) is 0 Å². The SMILES string of the molecule is N#Cc1cccc(OCCCCNCCOc2cccc3[nH]c(=O)oc23)c1. The third kappa shape index (κ3) is 5.36. The lowest BCUT2D eigenvalue weighted by Gasteiger charge is -2.08. The van der Waals surface area contributed by atoms with Crippen molar-refractivity contribution in [3.8, 4) is 17.6 Å². The van der Waals surface area contributed by atoms with E-state index in [1.165, 1.54) is 0 Å². The summed E-state index contributed by atoms with van der Waals surface area (Å²) in [5.41, 5.74) is 1.68. The largest absolute Gasteiger partial charge is 0.494 e. The quantitative estimate of drug-likeness (QED) is 0.535. The van der Waals surface area contributed by atoms with Crippen molar-refractivity contribution < 1.29 is 13.9 Å². The van der Waals surface area contributed by atoms with E-state index in [1.54, 1.807) is 24.3 Å². The summed E-state index contributed by atoms with van der Waals surface area (Å²) in [6.45, 7) is 2.64. The summed E-state index contributed by atoms with van der Waals surface area (Å²) in [5, 5.41) is 12.2. The zero-order valence-corrected chi connectivity index (χ0v) is 14.9. The molecular weight excluding hydrogens is 346 g/mol. The Morgan fingerprint density at radius 3 is 2.85 bits per heavy atom. The van der Waals surface area contributed by atoms with Crippen molar-refractivity contribution in [2.24, 2.45) is 0 Å². The fourth-order valence-electron chi connectivity index (χ4n) is 2.62. The Morgan fingerprint density at radius 1 is 1.07 bits per heavy atom. The number of nitrogens with one attached hydrogen (secondary N) is 2. The number of ether oxygens (including phenoxy) is 2. The molecule has 2 aromatic carbocycles. The second kappa shape index (κ2) is 9.46. The lowest BCUT2D eigenvalue weighted by molar-refractivity contribution is 0.298. The van der Waals surface area contributed by atoms with Gasteiger partial charge < -0.3 is 19.2 Å². The number of aromatic nitrogens is 1. The average Bonchev–Trinajstić information content (AvgIpc) is 3.07. The van der Waals surface area contributed by atoms with Crippen LogP contribution in [0.25, 0.3) is 11.1 Å². The molecule has 0 fully saturated rings. The van der Waals surface area contributed by atoms with Gasteiger partial charge in [0.2, 0.25) is 0 Å². The van der Waals surface area contributed by atoms with E-state index >= 15 is 0 Å². The minimum absolute atomic E-state index is 0.445. The van der Waals surface area contributed by atoms with Gasteiger partial charge in [0.05, 0.1) is 23.8 Å². The fourth-order valence-corrected chi connectivity index (χ4v) is 2.62. The third-order valence-corrected chi connectivity index (χ3v) is 3.93. The van der Waals surface area contributed by atoms with E-state index in [0.29, 0.717) is 42.2 Å². The van der Waals surface area contributed by atoms with Crippen LogP contribution in [0.15, 0.2) is 51.7 Å². The van der Waals surface area contributed by atoms with Crippen molar-refractivity contribution in [3.63, 3.8) is 0 Å². The Morgan fingerprint density at radius 2 is 1.96 bits per heavy atom. The Kier molecular flexibility index (Phi) is 6.50. The number of H-pyrrole nitrogens is 1. The number of nitriles is 1. The molecule has 3 aromatic rings. The Bertz CT molecular complexity index is 971. The van der Waals surface area contributed by atoms with Crippen LogP contribution in [0.2, 0.25) is 0 Å². The van der Waals surface area contributed by atoms with Crippen molar-refractivity contribution in [1.82, 2.24) is 10.3 Å². The maximum Gasteiger partial charge on any atom is 0.417 e. The Hall–Kier alpha value is -3.24. The number of hydrogen-bond acceptors (Lipinski definition) is 6. The predicted molar refractivity (Wildman–Crippen MR) is 101 cm³/mol. The summed E-state index contributed by atoms with van der Waals surface area (Å²) in [4.78, 5) is 13.9. The first-order chi connectivity index (χ1) is 13.3. The number of hydrogen-bond donors (Lipinski definition) is 2. The van der Waals surface area contributed by atoms with Gasteiger partial charge in [-0.25, -0.2) is 4.79 Å². The van der Waals surface area contributed by atoms with Crippen molar-refractivity contribution in [1.29, 1.82) is 5.26 Å². The zero-order valence-electron chi connectivity index (χ0n) is 14.9. The molecule has 0 aliphatic rings. The topological polar surface area (TPSA) is 100 Å².